The Hall–Kier alpha value is -0.970. The minimum absolute atomic E-state index is 0.0451. The van der Waals surface area contributed by atoms with E-state index in [4.69, 9.17) is 5.73 Å². The normalized spacial score (nSPS) is 20.9. The van der Waals surface area contributed by atoms with Gasteiger partial charge in [0.25, 0.3) is 6.43 Å². The number of benzene rings is 1. The Morgan fingerprint density at radius 1 is 1.47 bits per heavy atom. The Bertz CT molecular complexity index is 398. The Labute approximate surface area is 104 Å². The molecule has 1 saturated heterocycles. The number of nitrogen functional groups attached to an aromatic ring is 1. The van der Waals surface area contributed by atoms with Gasteiger partial charge in [0.1, 0.15) is 0 Å². The van der Waals surface area contributed by atoms with Crippen LogP contribution >= 0.6 is 11.8 Å². The van der Waals surface area contributed by atoms with Gasteiger partial charge in [-0.1, -0.05) is 0 Å². The van der Waals surface area contributed by atoms with Gasteiger partial charge in [0, 0.05) is 41.0 Å². The van der Waals surface area contributed by atoms with Gasteiger partial charge in [-0.05, 0) is 25.1 Å². The van der Waals surface area contributed by atoms with E-state index in [9.17, 15) is 8.78 Å². The number of nitrogens with two attached hydrogens (primary N) is 1. The van der Waals surface area contributed by atoms with Crippen molar-refractivity contribution < 1.29 is 8.78 Å². The van der Waals surface area contributed by atoms with E-state index in [0.717, 1.165) is 18.1 Å². The third-order valence-electron chi connectivity index (χ3n) is 2.96. The number of hydrogen-bond acceptors (Lipinski definition) is 3. The fraction of sp³-hybridized carbons (Fsp3) is 0.500. The van der Waals surface area contributed by atoms with E-state index in [1.54, 1.807) is 12.1 Å². The summed E-state index contributed by atoms with van der Waals surface area (Å²) in [6.45, 7) is 2.88. The Morgan fingerprint density at radius 3 is 2.88 bits per heavy atom. The van der Waals surface area contributed by atoms with Gasteiger partial charge >= 0.3 is 0 Å². The van der Waals surface area contributed by atoms with E-state index in [-0.39, 0.29) is 11.6 Å². The van der Waals surface area contributed by atoms with Crippen LogP contribution in [0.1, 0.15) is 18.9 Å². The second-order valence-corrected chi connectivity index (χ2v) is 5.39. The van der Waals surface area contributed by atoms with Crippen LogP contribution in [-0.2, 0) is 0 Å². The lowest BCUT2D eigenvalue weighted by atomic mass is 10.1. The molecule has 1 aromatic rings. The summed E-state index contributed by atoms with van der Waals surface area (Å²) in [6, 6.07) is 5.07. The molecule has 0 aliphatic carbocycles. The van der Waals surface area contributed by atoms with Gasteiger partial charge in [0.15, 0.2) is 0 Å². The van der Waals surface area contributed by atoms with Crippen LogP contribution in [0, 0.1) is 0 Å². The third-order valence-corrected chi connectivity index (χ3v) is 4.15. The molecule has 94 valence electrons. The molecule has 0 amide bonds. The highest BCUT2D eigenvalue weighted by molar-refractivity contribution is 7.99. The number of alkyl halides is 2. The van der Waals surface area contributed by atoms with Crippen molar-refractivity contribution in [3.05, 3.63) is 23.8 Å². The standard InChI is InChI=1S/C12H16F2N2S/c1-8-7-17-5-4-16(8)11-3-2-9(15)6-10(11)12(13)14/h2-3,6,8,12H,4-5,7,15H2,1H3. The average molecular weight is 258 g/mol. The summed E-state index contributed by atoms with van der Waals surface area (Å²) in [5, 5.41) is 0. The van der Waals surface area contributed by atoms with Crippen molar-refractivity contribution >= 4 is 23.1 Å². The summed E-state index contributed by atoms with van der Waals surface area (Å²) in [6.07, 6.45) is -2.48. The lowest BCUT2D eigenvalue weighted by molar-refractivity contribution is 0.152. The molecule has 1 atom stereocenters. The van der Waals surface area contributed by atoms with E-state index in [2.05, 4.69) is 11.8 Å². The first-order valence-electron chi connectivity index (χ1n) is 5.61. The quantitative estimate of drug-likeness (QED) is 0.826. The zero-order valence-corrected chi connectivity index (χ0v) is 10.5. The number of hydrogen-bond donors (Lipinski definition) is 1. The molecule has 2 nitrogen and oxygen atoms in total. The van der Waals surface area contributed by atoms with Crippen molar-refractivity contribution in [3.63, 3.8) is 0 Å². The summed E-state index contributed by atoms with van der Waals surface area (Å²) >= 11 is 1.86. The summed E-state index contributed by atoms with van der Waals surface area (Å²) in [7, 11) is 0. The minimum atomic E-state index is -2.48. The maximum atomic E-state index is 13.0. The SMILES string of the molecule is CC1CSCCN1c1ccc(N)cc1C(F)F. The van der Waals surface area contributed by atoms with Crippen LogP contribution in [0.3, 0.4) is 0 Å². The highest BCUT2D eigenvalue weighted by Crippen LogP contribution is 2.34. The van der Waals surface area contributed by atoms with Crippen LogP contribution in [0.2, 0.25) is 0 Å². The molecule has 2 rings (SSSR count). The van der Waals surface area contributed by atoms with Crippen molar-refractivity contribution in [2.45, 2.75) is 19.4 Å². The number of rotatable bonds is 2. The number of halogens is 2. The van der Waals surface area contributed by atoms with Gasteiger partial charge in [-0.25, -0.2) is 8.78 Å². The van der Waals surface area contributed by atoms with Crippen LogP contribution in [-0.4, -0.2) is 24.1 Å². The van der Waals surface area contributed by atoms with Crippen molar-refractivity contribution in [1.29, 1.82) is 0 Å². The average Bonchev–Trinajstić information content (AvgIpc) is 2.30. The van der Waals surface area contributed by atoms with Crippen LogP contribution in [0.15, 0.2) is 18.2 Å². The molecular formula is C12H16F2N2S. The maximum absolute atomic E-state index is 13.0. The zero-order chi connectivity index (χ0) is 12.4. The van der Waals surface area contributed by atoms with Crippen LogP contribution < -0.4 is 10.6 Å². The lowest BCUT2D eigenvalue weighted by Crippen LogP contribution is -2.40. The second-order valence-electron chi connectivity index (χ2n) is 4.24. The molecular weight excluding hydrogens is 242 g/mol. The first kappa shape index (κ1) is 12.5. The molecule has 0 radical (unpaired) electrons. The van der Waals surface area contributed by atoms with Crippen molar-refractivity contribution in [3.8, 4) is 0 Å². The molecule has 1 fully saturated rings. The number of anilines is 2. The minimum Gasteiger partial charge on any atom is -0.399 e. The van der Waals surface area contributed by atoms with Crippen molar-refractivity contribution in [2.24, 2.45) is 0 Å². The highest BCUT2D eigenvalue weighted by Gasteiger charge is 2.24. The monoisotopic (exact) mass is 258 g/mol. The molecule has 0 bridgehead atoms. The Morgan fingerprint density at radius 2 is 2.24 bits per heavy atom. The van der Waals surface area contributed by atoms with Crippen molar-refractivity contribution in [2.75, 3.05) is 28.7 Å². The molecule has 0 spiro atoms. The molecule has 1 unspecified atom stereocenters. The lowest BCUT2D eigenvalue weighted by Gasteiger charge is -2.36. The third kappa shape index (κ3) is 2.65. The number of nitrogens with zero attached hydrogens (tertiary/aromatic N) is 1. The molecule has 1 aliphatic rings. The Kier molecular flexibility index (Phi) is 3.76. The van der Waals surface area contributed by atoms with Gasteiger partial charge in [0.2, 0.25) is 0 Å². The van der Waals surface area contributed by atoms with E-state index >= 15 is 0 Å². The molecule has 5 heteroatoms. The summed E-state index contributed by atoms with van der Waals surface area (Å²) in [5.74, 6) is 1.96. The molecule has 2 N–H and O–H groups in total. The molecule has 1 aromatic carbocycles. The molecule has 1 aliphatic heterocycles. The molecule has 17 heavy (non-hydrogen) atoms. The van der Waals surface area contributed by atoms with Crippen LogP contribution in [0.4, 0.5) is 20.2 Å². The summed E-state index contributed by atoms with van der Waals surface area (Å²) in [5.41, 5.74) is 6.64. The van der Waals surface area contributed by atoms with Crippen molar-refractivity contribution in [1.82, 2.24) is 0 Å². The first-order valence-corrected chi connectivity index (χ1v) is 6.77. The van der Waals surface area contributed by atoms with Gasteiger partial charge in [0.05, 0.1) is 0 Å². The van der Waals surface area contributed by atoms with E-state index in [1.165, 1.54) is 6.07 Å². The fourth-order valence-corrected chi connectivity index (χ4v) is 3.11. The predicted octanol–water partition coefficient (Wildman–Crippen LogP) is 3.15. The highest BCUT2D eigenvalue weighted by atomic mass is 32.2. The Balaban J connectivity index is 2.36. The molecule has 0 saturated carbocycles. The van der Waals surface area contributed by atoms with Gasteiger partial charge in [-0.2, -0.15) is 11.8 Å². The van der Waals surface area contributed by atoms with E-state index < -0.39 is 6.43 Å². The van der Waals surface area contributed by atoms with Crippen LogP contribution in [0.25, 0.3) is 0 Å². The molecule has 0 aromatic heterocycles. The number of thioether (sulfide) groups is 1. The van der Waals surface area contributed by atoms with Crippen LogP contribution in [0.5, 0.6) is 0 Å². The van der Waals surface area contributed by atoms with E-state index in [1.807, 2.05) is 11.8 Å². The van der Waals surface area contributed by atoms with Gasteiger partial charge < -0.3 is 10.6 Å². The predicted molar refractivity (Wildman–Crippen MR) is 69.9 cm³/mol. The summed E-state index contributed by atoms with van der Waals surface area (Å²) in [4.78, 5) is 2.05. The summed E-state index contributed by atoms with van der Waals surface area (Å²) < 4.78 is 26.0. The second kappa shape index (κ2) is 5.12. The zero-order valence-electron chi connectivity index (χ0n) is 9.70. The topological polar surface area (TPSA) is 29.3 Å². The van der Waals surface area contributed by atoms with E-state index in [0.29, 0.717) is 11.4 Å². The van der Waals surface area contributed by atoms with Gasteiger partial charge in [-0.3, -0.25) is 0 Å². The maximum Gasteiger partial charge on any atom is 0.265 e. The smallest absolute Gasteiger partial charge is 0.265 e. The van der Waals surface area contributed by atoms with Gasteiger partial charge in [-0.15, -0.1) is 0 Å². The fourth-order valence-electron chi connectivity index (χ4n) is 2.09. The first-order chi connectivity index (χ1) is 8.09. The largest absolute Gasteiger partial charge is 0.399 e. The molecule has 1 heterocycles.